The summed E-state index contributed by atoms with van der Waals surface area (Å²) in [6.07, 6.45) is 1.79. The summed E-state index contributed by atoms with van der Waals surface area (Å²) >= 11 is 7.31. The van der Waals surface area contributed by atoms with Gasteiger partial charge in [0.25, 0.3) is 0 Å². The highest BCUT2D eigenvalue weighted by molar-refractivity contribution is 7.99. The maximum absolute atomic E-state index is 12.4. The van der Waals surface area contributed by atoms with Crippen LogP contribution in [0.2, 0.25) is 5.02 Å². The molecule has 0 aliphatic heterocycles. The number of imidazole rings is 1. The Bertz CT molecular complexity index is 973. The van der Waals surface area contributed by atoms with E-state index in [4.69, 9.17) is 21.1 Å². The minimum Gasteiger partial charge on any atom is -0.497 e. The van der Waals surface area contributed by atoms with Crippen LogP contribution in [0.3, 0.4) is 0 Å². The average Bonchev–Trinajstić information content (AvgIpc) is 3.07. The Morgan fingerprint density at radius 1 is 1.18 bits per heavy atom. The molecule has 0 aliphatic carbocycles. The van der Waals surface area contributed by atoms with Crippen molar-refractivity contribution in [3.05, 3.63) is 53.7 Å². The number of ether oxygens (including phenoxy) is 2. The van der Waals surface area contributed by atoms with E-state index < -0.39 is 0 Å². The van der Waals surface area contributed by atoms with Crippen molar-refractivity contribution < 1.29 is 14.3 Å². The molecule has 3 aromatic rings. The van der Waals surface area contributed by atoms with Crippen molar-refractivity contribution in [2.75, 3.05) is 25.3 Å². The quantitative estimate of drug-likeness (QED) is 0.574. The van der Waals surface area contributed by atoms with E-state index in [-0.39, 0.29) is 11.7 Å². The molecule has 0 radical (unpaired) electrons. The smallest absolute Gasteiger partial charge is 0.234 e. The van der Waals surface area contributed by atoms with E-state index in [1.54, 1.807) is 38.6 Å². The number of carbonyl (C=O) groups excluding carboxylic acids is 1. The van der Waals surface area contributed by atoms with Crippen LogP contribution in [-0.2, 0) is 11.8 Å². The van der Waals surface area contributed by atoms with Gasteiger partial charge in [-0.15, -0.1) is 0 Å². The van der Waals surface area contributed by atoms with Crippen molar-refractivity contribution in [3.63, 3.8) is 0 Å². The molecule has 28 heavy (non-hydrogen) atoms. The largest absolute Gasteiger partial charge is 0.497 e. The van der Waals surface area contributed by atoms with Crippen molar-refractivity contribution in [1.82, 2.24) is 9.55 Å². The van der Waals surface area contributed by atoms with Gasteiger partial charge < -0.3 is 19.4 Å². The molecule has 0 unspecified atom stereocenters. The number of aromatic nitrogens is 2. The Kier molecular flexibility index (Phi) is 6.49. The van der Waals surface area contributed by atoms with Crippen LogP contribution in [0.15, 0.2) is 53.8 Å². The molecule has 3 rings (SSSR count). The number of anilines is 1. The SMILES string of the molecule is COc1ccc(NC(=O)CSc2ncc(-c3ccc(Cl)cc3)n2C)c(OC)c1. The fourth-order valence-corrected chi connectivity index (χ4v) is 3.51. The van der Waals surface area contributed by atoms with Gasteiger partial charge in [-0.05, 0) is 29.8 Å². The van der Waals surface area contributed by atoms with Crippen LogP contribution < -0.4 is 14.8 Å². The molecule has 2 aromatic carbocycles. The summed E-state index contributed by atoms with van der Waals surface area (Å²) in [5.41, 5.74) is 2.56. The Morgan fingerprint density at radius 3 is 2.61 bits per heavy atom. The normalized spacial score (nSPS) is 10.6. The first kappa shape index (κ1) is 20.1. The summed E-state index contributed by atoms with van der Waals surface area (Å²) < 4.78 is 12.4. The van der Waals surface area contributed by atoms with Gasteiger partial charge in [0.15, 0.2) is 5.16 Å². The van der Waals surface area contributed by atoms with Gasteiger partial charge in [-0.1, -0.05) is 35.5 Å². The number of benzene rings is 2. The highest BCUT2D eigenvalue weighted by Crippen LogP contribution is 2.30. The summed E-state index contributed by atoms with van der Waals surface area (Å²) in [6, 6.07) is 12.8. The number of thioether (sulfide) groups is 1. The molecule has 0 aliphatic rings. The maximum atomic E-state index is 12.4. The summed E-state index contributed by atoms with van der Waals surface area (Å²) in [6.45, 7) is 0. The zero-order valence-corrected chi connectivity index (χ0v) is 17.3. The summed E-state index contributed by atoms with van der Waals surface area (Å²) in [5.74, 6) is 1.27. The predicted octanol–water partition coefficient (Wildman–Crippen LogP) is 4.49. The number of nitrogens with zero attached hydrogens (tertiary/aromatic N) is 2. The molecule has 0 spiro atoms. The van der Waals surface area contributed by atoms with Gasteiger partial charge in [-0.2, -0.15) is 0 Å². The summed E-state index contributed by atoms with van der Waals surface area (Å²) in [7, 11) is 5.05. The van der Waals surface area contributed by atoms with Gasteiger partial charge >= 0.3 is 0 Å². The molecule has 1 heterocycles. The lowest BCUT2D eigenvalue weighted by Crippen LogP contribution is -2.15. The lowest BCUT2D eigenvalue weighted by atomic mass is 10.2. The number of nitrogens with one attached hydrogen (secondary N) is 1. The van der Waals surface area contributed by atoms with Crippen LogP contribution in [0.25, 0.3) is 11.3 Å². The second kappa shape index (κ2) is 9.03. The molecule has 1 aromatic heterocycles. The third-order valence-electron chi connectivity index (χ3n) is 4.10. The van der Waals surface area contributed by atoms with Gasteiger partial charge in [0.2, 0.25) is 5.91 Å². The van der Waals surface area contributed by atoms with E-state index in [0.717, 1.165) is 16.4 Å². The van der Waals surface area contributed by atoms with Crippen molar-refractivity contribution in [2.45, 2.75) is 5.16 Å². The topological polar surface area (TPSA) is 65.4 Å². The van der Waals surface area contributed by atoms with E-state index in [0.29, 0.717) is 22.2 Å². The lowest BCUT2D eigenvalue weighted by molar-refractivity contribution is -0.113. The van der Waals surface area contributed by atoms with Crippen molar-refractivity contribution >= 4 is 35.0 Å². The molecule has 0 atom stereocenters. The number of hydrogen-bond acceptors (Lipinski definition) is 5. The van der Waals surface area contributed by atoms with Gasteiger partial charge in [0, 0.05) is 18.1 Å². The molecule has 0 fully saturated rings. The number of halogens is 1. The van der Waals surface area contributed by atoms with E-state index in [1.807, 2.05) is 35.9 Å². The highest BCUT2D eigenvalue weighted by atomic mass is 35.5. The standard InChI is InChI=1S/C20H20ClN3O3S/c1-24-17(13-4-6-14(21)7-5-13)11-22-20(24)28-12-19(25)23-16-9-8-15(26-2)10-18(16)27-3/h4-11H,12H2,1-3H3,(H,23,25). The van der Waals surface area contributed by atoms with Gasteiger partial charge in [-0.25, -0.2) is 4.98 Å². The molecule has 146 valence electrons. The average molecular weight is 418 g/mol. The molecule has 8 heteroatoms. The Morgan fingerprint density at radius 2 is 1.93 bits per heavy atom. The van der Waals surface area contributed by atoms with E-state index >= 15 is 0 Å². The first-order chi connectivity index (χ1) is 13.5. The molecule has 1 N–H and O–H groups in total. The van der Waals surface area contributed by atoms with Crippen LogP contribution in [-0.4, -0.2) is 35.4 Å². The maximum Gasteiger partial charge on any atom is 0.234 e. The number of rotatable bonds is 7. The molecule has 1 amide bonds. The van der Waals surface area contributed by atoms with Crippen molar-refractivity contribution in [3.8, 4) is 22.8 Å². The van der Waals surface area contributed by atoms with Gasteiger partial charge in [0.1, 0.15) is 11.5 Å². The second-order valence-corrected chi connectivity index (χ2v) is 7.27. The van der Waals surface area contributed by atoms with Crippen LogP contribution in [0.5, 0.6) is 11.5 Å². The van der Waals surface area contributed by atoms with E-state index in [9.17, 15) is 4.79 Å². The molecular weight excluding hydrogens is 398 g/mol. The molecular formula is C20H20ClN3O3S. The van der Waals surface area contributed by atoms with Crippen molar-refractivity contribution in [1.29, 1.82) is 0 Å². The van der Waals surface area contributed by atoms with E-state index in [1.165, 1.54) is 11.8 Å². The van der Waals surface area contributed by atoms with Crippen LogP contribution in [0.1, 0.15) is 0 Å². The number of carbonyl (C=O) groups is 1. The van der Waals surface area contributed by atoms with Crippen LogP contribution >= 0.6 is 23.4 Å². The Balaban J connectivity index is 1.65. The van der Waals surface area contributed by atoms with Crippen molar-refractivity contribution in [2.24, 2.45) is 7.05 Å². The van der Waals surface area contributed by atoms with Crippen LogP contribution in [0, 0.1) is 0 Å². The summed E-state index contributed by atoms with van der Waals surface area (Å²) in [5, 5.41) is 4.29. The lowest BCUT2D eigenvalue weighted by Gasteiger charge is -2.11. The monoisotopic (exact) mass is 417 g/mol. The molecule has 0 saturated carbocycles. The zero-order valence-electron chi connectivity index (χ0n) is 15.7. The van der Waals surface area contributed by atoms with Gasteiger partial charge in [0.05, 0.1) is 37.6 Å². The van der Waals surface area contributed by atoms with E-state index in [2.05, 4.69) is 10.3 Å². The fraction of sp³-hybridized carbons (Fsp3) is 0.200. The highest BCUT2D eigenvalue weighted by Gasteiger charge is 2.13. The van der Waals surface area contributed by atoms with Crippen LogP contribution in [0.4, 0.5) is 5.69 Å². The number of hydrogen-bond donors (Lipinski definition) is 1. The summed E-state index contributed by atoms with van der Waals surface area (Å²) in [4.78, 5) is 16.8. The number of amides is 1. The first-order valence-corrected chi connectivity index (χ1v) is 9.80. The third kappa shape index (κ3) is 4.61. The Hall–Kier alpha value is -2.64. The molecule has 0 bridgehead atoms. The first-order valence-electron chi connectivity index (χ1n) is 8.44. The number of methoxy groups -OCH3 is 2. The molecule has 6 nitrogen and oxygen atoms in total. The minimum absolute atomic E-state index is 0.149. The predicted molar refractivity (Wildman–Crippen MR) is 113 cm³/mol. The fourth-order valence-electron chi connectivity index (χ4n) is 2.63. The van der Waals surface area contributed by atoms with Gasteiger partial charge in [-0.3, -0.25) is 4.79 Å². The third-order valence-corrected chi connectivity index (χ3v) is 5.40. The second-order valence-electron chi connectivity index (χ2n) is 5.89. The zero-order chi connectivity index (χ0) is 20.1. The Labute approximate surface area is 172 Å². The molecule has 0 saturated heterocycles. The minimum atomic E-state index is -0.149.